The van der Waals surface area contributed by atoms with E-state index in [-0.39, 0.29) is 37.8 Å². The summed E-state index contributed by atoms with van der Waals surface area (Å²) in [6, 6.07) is 16.1. The van der Waals surface area contributed by atoms with Crippen molar-refractivity contribution >= 4 is 59.6 Å². The molecule has 2 aromatic heterocycles. The fraction of sp³-hybridized carbons (Fsp3) is 0.286. The van der Waals surface area contributed by atoms with E-state index in [9.17, 15) is 21.6 Å². The number of anilines is 2. The summed E-state index contributed by atoms with van der Waals surface area (Å²) in [4.78, 5) is 25.0. The minimum atomic E-state index is -3.17. The minimum absolute atomic E-state index is 0.00874. The predicted octanol–water partition coefficient (Wildman–Crippen LogP) is 2.53. The fourth-order valence-corrected chi connectivity index (χ4v) is 4.68. The first-order chi connectivity index (χ1) is 20.8. The Morgan fingerprint density at radius 2 is 1.68 bits per heavy atom. The Bertz CT molecular complexity index is 1770. The molecule has 2 aromatic carbocycles. The molecule has 0 aliphatic heterocycles. The Morgan fingerprint density at radius 3 is 2.32 bits per heavy atom. The van der Waals surface area contributed by atoms with Gasteiger partial charge in [0.1, 0.15) is 49.9 Å². The molecular weight excluding hydrogens is 632 g/mol. The van der Waals surface area contributed by atoms with Gasteiger partial charge in [-0.3, -0.25) is 9.78 Å². The van der Waals surface area contributed by atoms with Gasteiger partial charge < -0.3 is 25.8 Å². The van der Waals surface area contributed by atoms with E-state index in [4.69, 9.17) is 26.8 Å². The largest absolute Gasteiger partial charge is 0.486 e. The van der Waals surface area contributed by atoms with Crippen LogP contribution in [0.3, 0.4) is 0 Å². The van der Waals surface area contributed by atoms with Crippen molar-refractivity contribution in [2.24, 2.45) is 5.73 Å². The molecule has 236 valence electrons. The van der Waals surface area contributed by atoms with Crippen molar-refractivity contribution in [1.82, 2.24) is 20.3 Å². The molecule has 0 radical (unpaired) electrons. The number of halogens is 1. The van der Waals surface area contributed by atoms with Crippen LogP contribution in [0.5, 0.6) is 11.5 Å². The Balaban J connectivity index is 0.000000676. The number of rotatable bonds is 13. The highest BCUT2D eigenvalue weighted by Gasteiger charge is 2.13. The van der Waals surface area contributed by atoms with E-state index in [2.05, 4.69) is 25.6 Å². The molecule has 2 heterocycles. The van der Waals surface area contributed by atoms with Crippen molar-refractivity contribution in [2.45, 2.75) is 6.61 Å². The molecule has 0 unspecified atom stereocenters. The maximum atomic E-state index is 12.1. The van der Waals surface area contributed by atoms with Crippen LogP contribution in [0.4, 0.5) is 11.5 Å². The molecule has 4 N–H and O–H groups in total. The zero-order valence-corrected chi connectivity index (χ0v) is 26.5. The number of nitrogens with two attached hydrogens (primary N) is 1. The second kappa shape index (κ2) is 16.1. The first kappa shape index (κ1) is 34.4. The van der Waals surface area contributed by atoms with E-state index in [1.807, 2.05) is 18.2 Å². The molecule has 44 heavy (non-hydrogen) atoms. The number of benzene rings is 2. The summed E-state index contributed by atoms with van der Waals surface area (Å²) in [5, 5.41) is 6.71. The quantitative estimate of drug-likeness (QED) is 0.189. The molecule has 4 aromatic rings. The number of hydrogen-bond acceptors (Lipinski definition) is 12. The third-order valence-corrected chi connectivity index (χ3v) is 7.78. The number of hydrogen-bond donors (Lipinski definition) is 3. The van der Waals surface area contributed by atoms with Gasteiger partial charge in [-0.25, -0.2) is 26.8 Å². The smallest absolute Gasteiger partial charge is 0.257 e. The van der Waals surface area contributed by atoms with Gasteiger partial charge in [-0.05, 0) is 42.5 Å². The summed E-state index contributed by atoms with van der Waals surface area (Å²) in [6.45, 7) is 0.214. The van der Waals surface area contributed by atoms with E-state index < -0.39 is 25.6 Å². The number of nitrogens with zero attached hydrogens (tertiary/aromatic N) is 3. The second-order valence-electron chi connectivity index (χ2n) is 9.44. The Labute approximate surface area is 261 Å². The van der Waals surface area contributed by atoms with Gasteiger partial charge in [-0.2, -0.15) is 0 Å². The van der Waals surface area contributed by atoms with Crippen LogP contribution in [-0.2, 0) is 31.1 Å². The molecule has 0 fully saturated rings. The Hall–Kier alpha value is -4.05. The van der Waals surface area contributed by atoms with Gasteiger partial charge in [0.2, 0.25) is 0 Å². The molecule has 0 saturated carbocycles. The molecular formula is C28H33ClN6O7S2. The van der Waals surface area contributed by atoms with Crippen molar-refractivity contribution in [3.05, 3.63) is 77.8 Å². The van der Waals surface area contributed by atoms with Gasteiger partial charge in [0.25, 0.3) is 5.91 Å². The lowest BCUT2D eigenvalue weighted by atomic mass is 10.2. The molecule has 16 heteroatoms. The monoisotopic (exact) mass is 664 g/mol. The van der Waals surface area contributed by atoms with Crippen molar-refractivity contribution < 1.29 is 31.1 Å². The number of pyridine rings is 1. The van der Waals surface area contributed by atoms with Crippen molar-refractivity contribution in [1.29, 1.82) is 0 Å². The third-order valence-electron chi connectivity index (χ3n) is 5.56. The van der Waals surface area contributed by atoms with Gasteiger partial charge in [-0.15, -0.1) is 0 Å². The summed E-state index contributed by atoms with van der Waals surface area (Å²) in [7, 11) is -5.97. The van der Waals surface area contributed by atoms with Crippen LogP contribution >= 0.6 is 11.6 Å². The molecule has 0 aliphatic rings. The summed E-state index contributed by atoms with van der Waals surface area (Å²) >= 11 is 6.44. The number of aromatic nitrogens is 3. The highest BCUT2D eigenvalue weighted by molar-refractivity contribution is 7.90. The zero-order valence-electron chi connectivity index (χ0n) is 24.1. The van der Waals surface area contributed by atoms with Gasteiger partial charge in [-0.1, -0.05) is 23.7 Å². The van der Waals surface area contributed by atoms with Crippen LogP contribution in [0.2, 0.25) is 5.02 Å². The van der Waals surface area contributed by atoms with Crippen LogP contribution < -0.4 is 25.8 Å². The lowest BCUT2D eigenvalue weighted by molar-refractivity contribution is -0.122. The van der Waals surface area contributed by atoms with Gasteiger partial charge in [0, 0.05) is 37.5 Å². The molecule has 0 spiro atoms. The highest BCUT2D eigenvalue weighted by Crippen LogP contribution is 2.34. The van der Waals surface area contributed by atoms with Gasteiger partial charge >= 0.3 is 0 Å². The summed E-state index contributed by atoms with van der Waals surface area (Å²) in [5.74, 6) is 0.852. The molecule has 0 bridgehead atoms. The average Bonchev–Trinajstić information content (AvgIpc) is 2.95. The topological polar surface area (TPSA) is 193 Å². The number of nitrogens with one attached hydrogen (secondary N) is 2. The first-order valence-corrected chi connectivity index (χ1v) is 17.6. The maximum absolute atomic E-state index is 12.1. The number of amides is 1. The van der Waals surface area contributed by atoms with E-state index in [1.165, 1.54) is 12.6 Å². The molecule has 0 saturated heterocycles. The first-order valence-electron chi connectivity index (χ1n) is 13.1. The number of carbonyl (C=O) groups excluding carboxylic acids is 1. The zero-order chi connectivity index (χ0) is 32.2. The fourth-order valence-electron chi connectivity index (χ4n) is 3.55. The summed E-state index contributed by atoms with van der Waals surface area (Å²) in [6.07, 6.45) is 5.39. The molecule has 1 amide bonds. The normalized spacial score (nSPS) is 11.3. The predicted molar refractivity (Wildman–Crippen MR) is 170 cm³/mol. The minimum Gasteiger partial charge on any atom is -0.486 e. The molecule has 0 aliphatic carbocycles. The third kappa shape index (κ3) is 11.9. The number of fused-ring (bicyclic) bond motifs is 1. The van der Waals surface area contributed by atoms with Crippen LogP contribution in [0.25, 0.3) is 10.9 Å². The molecule has 0 atom stereocenters. The number of carbonyl (C=O) groups is 1. The molecule has 4 rings (SSSR count). The van der Waals surface area contributed by atoms with Crippen molar-refractivity contribution in [2.75, 3.05) is 49.0 Å². The summed E-state index contributed by atoms with van der Waals surface area (Å²) in [5.41, 5.74) is 6.98. The van der Waals surface area contributed by atoms with Crippen LogP contribution in [0.1, 0.15) is 5.69 Å². The highest BCUT2D eigenvalue weighted by atomic mass is 35.5. The van der Waals surface area contributed by atoms with E-state index in [1.54, 1.807) is 42.6 Å². The number of ether oxygens (including phenoxy) is 2. The lowest BCUT2D eigenvalue weighted by Crippen LogP contribution is -2.32. The van der Waals surface area contributed by atoms with E-state index >= 15 is 0 Å². The average molecular weight is 665 g/mol. The SMILES string of the molecule is CS(=O)(=O)CCN.CS(=O)(=O)CCNC(=O)COc1cccc2ncnc(Nc3ccc(OCc4ccccn4)c(Cl)c3)c12. The van der Waals surface area contributed by atoms with Crippen LogP contribution in [-0.4, -0.2) is 81.4 Å². The van der Waals surface area contributed by atoms with E-state index in [0.717, 1.165) is 11.9 Å². The summed E-state index contributed by atoms with van der Waals surface area (Å²) < 4.78 is 54.3. The van der Waals surface area contributed by atoms with Gasteiger partial charge in [0.05, 0.1) is 33.1 Å². The van der Waals surface area contributed by atoms with Crippen LogP contribution in [0.15, 0.2) is 67.1 Å². The standard InChI is InChI=1S/C25H24ClN5O5S.C3H9NO2S/c1-37(33,34)12-11-28-23(32)15-36-22-7-4-6-20-24(22)25(30-16-29-20)31-17-8-9-21(19(26)13-17)35-14-18-5-2-3-10-27-18;1-7(5,6)3-2-4/h2-10,13,16H,11-12,14-15H2,1H3,(H,28,32)(H,29,30,31);2-4H2,1H3. The Morgan fingerprint density at radius 1 is 0.909 bits per heavy atom. The van der Waals surface area contributed by atoms with Crippen LogP contribution in [0, 0.1) is 0 Å². The van der Waals surface area contributed by atoms with Crippen molar-refractivity contribution in [3.8, 4) is 11.5 Å². The maximum Gasteiger partial charge on any atom is 0.257 e. The molecule has 13 nitrogen and oxygen atoms in total. The van der Waals surface area contributed by atoms with E-state index in [0.29, 0.717) is 38.9 Å². The Kier molecular flexibility index (Phi) is 12.6. The second-order valence-corrected chi connectivity index (χ2v) is 14.4. The lowest BCUT2D eigenvalue weighted by Gasteiger charge is -2.14. The number of sulfone groups is 2. The van der Waals surface area contributed by atoms with Gasteiger partial charge in [0.15, 0.2) is 6.61 Å². The van der Waals surface area contributed by atoms with Crippen molar-refractivity contribution in [3.63, 3.8) is 0 Å².